The van der Waals surface area contributed by atoms with Gasteiger partial charge in [-0.2, -0.15) is 13.5 Å². The van der Waals surface area contributed by atoms with Crippen molar-refractivity contribution in [3.05, 3.63) is 29.6 Å². The van der Waals surface area contributed by atoms with Crippen molar-refractivity contribution in [3.8, 4) is 5.75 Å². The number of nitrogens with zero attached hydrogens (tertiary/aromatic N) is 2. The average Bonchev–Trinajstić information content (AvgIpc) is 3.00. The van der Waals surface area contributed by atoms with E-state index in [0.717, 1.165) is 11.0 Å². The predicted molar refractivity (Wildman–Crippen MR) is 118 cm³/mol. The minimum Gasteiger partial charge on any atom is -0.492 e. The molecule has 194 valence electrons. The second-order valence-electron chi connectivity index (χ2n) is 8.70. The first kappa shape index (κ1) is 26.6. The molecule has 2 aliphatic heterocycles. The summed E-state index contributed by atoms with van der Waals surface area (Å²) in [5, 5.41) is 0.508. The van der Waals surface area contributed by atoms with Gasteiger partial charge in [-0.3, -0.25) is 25.0 Å². The first-order valence-electron chi connectivity index (χ1n) is 10.9. The van der Waals surface area contributed by atoms with Gasteiger partial charge in [0, 0.05) is 18.7 Å². The van der Waals surface area contributed by atoms with Gasteiger partial charge in [-0.25, -0.2) is 9.18 Å². The highest BCUT2D eigenvalue weighted by Gasteiger charge is 2.49. The topological polar surface area (TPSA) is 181 Å². The summed E-state index contributed by atoms with van der Waals surface area (Å²) in [7, 11) is -4.91. The molecule has 3 atom stereocenters. The van der Waals surface area contributed by atoms with Crippen LogP contribution in [0.2, 0.25) is 0 Å². The lowest BCUT2D eigenvalue weighted by molar-refractivity contribution is -0.131. The van der Waals surface area contributed by atoms with Crippen LogP contribution >= 0.6 is 0 Å². The third-order valence-corrected chi connectivity index (χ3v) is 6.15. The lowest BCUT2D eigenvalue weighted by Gasteiger charge is -2.29. The molecule has 2 saturated heterocycles. The molecule has 2 aliphatic rings. The van der Waals surface area contributed by atoms with Crippen molar-refractivity contribution in [1.82, 2.24) is 20.8 Å². The van der Waals surface area contributed by atoms with Gasteiger partial charge in [0.25, 0.3) is 5.91 Å². The maximum atomic E-state index is 14.4. The number of benzene rings is 1. The Hall–Kier alpha value is -3.01. The molecule has 0 spiro atoms. The Morgan fingerprint density at radius 2 is 2.00 bits per heavy atom. The zero-order chi connectivity index (χ0) is 25.9. The van der Waals surface area contributed by atoms with Crippen LogP contribution in [0.15, 0.2) is 18.2 Å². The number of rotatable bonds is 9. The number of carbonyl (C=O) groups is 3. The number of nitrogens with two attached hydrogens (primary N) is 1. The zero-order valence-corrected chi connectivity index (χ0v) is 20.0. The molecule has 2 fully saturated rings. The Bertz CT molecular complexity index is 1090. The van der Waals surface area contributed by atoms with Crippen molar-refractivity contribution in [2.24, 2.45) is 11.7 Å². The Balaban J connectivity index is 1.50. The Morgan fingerprint density at radius 3 is 2.63 bits per heavy atom. The standard InChI is InChI=1S/C20H28FN5O8S/c1-11(2)16(22)10-33-14-5-3-12(15(21)8-14)7-18(27)23-24-19(28)17-6-4-13-9-25(17)20(29)26(13)34-35(30,31)32/h3,5,8,11,13,16-17H,4,6-7,9-10,22H2,1-2H3,(H,23,27)(H,24,28)(H,30,31,32)/t13-,16+,17+/m1/s1. The summed E-state index contributed by atoms with van der Waals surface area (Å²) in [6.45, 7) is 4.10. The van der Waals surface area contributed by atoms with Gasteiger partial charge in [0.05, 0.1) is 12.5 Å². The molecule has 15 heteroatoms. The second kappa shape index (κ2) is 10.7. The van der Waals surface area contributed by atoms with E-state index < -0.39 is 46.1 Å². The van der Waals surface area contributed by atoms with E-state index >= 15 is 0 Å². The Kier molecular flexibility index (Phi) is 8.15. The summed E-state index contributed by atoms with van der Waals surface area (Å²) in [5.41, 5.74) is 10.3. The van der Waals surface area contributed by atoms with Gasteiger partial charge in [-0.1, -0.05) is 19.9 Å². The zero-order valence-electron chi connectivity index (χ0n) is 19.1. The number of hydrogen-bond donors (Lipinski definition) is 4. The Labute approximate surface area is 201 Å². The van der Waals surface area contributed by atoms with Gasteiger partial charge in [-0.15, -0.1) is 4.28 Å². The molecular weight excluding hydrogens is 489 g/mol. The molecule has 0 radical (unpaired) electrons. The number of piperidine rings is 1. The number of hydrazine groups is 1. The molecule has 1 aromatic rings. The first-order valence-corrected chi connectivity index (χ1v) is 12.2. The van der Waals surface area contributed by atoms with Gasteiger partial charge < -0.3 is 15.4 Å². The molecule has 1 aromatic carbocycles. The van der Waals surface area contributed by atoms with E-state index in [1.807, 2.05) is 13.8 Å². The fourth-order valence-corrected chi connectivity index (χ4v) is 4.07. The van der Waals surface area contributed by atoms with Crippen molar-refractivity contribution in [2.75, 3.05) is 13.2 Å². The molecule has 0 aliphatic carbocycles. The lowest BCUT2D eigenvalue weighted by atomic mass is 10.0. The van der Waals surface area contributed by atoms with Crippen LogP contribution in [0, 0.1) is 11.7 Å². The maximum absolute atomic E-state index is 14.4. The number of amides is 4. The fraction of sp³-hybridized carbons (Fsp3) is 0.550. The Morgan fingerprint density at radius 1 is 1.29 bits per heavy atom. The van der Waals surface area contributed by atoms with Crippen LogP contribution < -0.4 is 21.3 Å². The first-order chi connectivity index (χ1) is 16.4. The van der Waals surface area contributed by atoms with Crippen molar-refractivity contribution >= 4 is 28.2 Å². The van der Waals surface area contributed by atoms with E-state index in [9.17, 15) is 27.2 Å². The summed E-state index contributed by atoms with van der Waals surface area (Å²) in [6.07, 6.45) is 0.0226. The lowest BCUT2D eigenvalue weighted by Crippen LogP contribution is -2.54. The summed E-state index contributed by atoms with van der Waals surface area (Å²) in [6, 6.07) is 1.27. The van der Waals surface area contributed by atoms with Crippen molar-refractivity contribution in [1.29, 1.82) is 0 Å². The second-order valence-corrected chi connectivity index (χ2v) is 9.70. The molecule has 3 rings (SSSR count). The molecule has 5 N–H and O–H groups in total. The number of fused-ring (bicyclic) bond motifs is 2. The van der Waals surface area contributed by atoms with Crippen LogP contribution in [0.1, 0.15) is 32.3 Å². The van der Waals surface area contributed by atoms with E-state index in [0.29, 0.717) is 5.06 Å². The summed E-state index contributed by atoms with van der Waals surface area (Å²) in [5.74, 6) is -1.62. The summed E-state index contributed by atoms with van der Waals surface area (Å²) >= 11 is 0. The number of nitrogens with one attached hydrogen (secondary N) is 2. The molecule has 0 unspecified atom stereocenters. The van der Waals surface area contributed by atoms with Crippen LogP contribution in [0.4, 0.5) is 9.18 Å². The maximum Gasteiger partial charge on any atom is 0.418 e. The summed E-state index contributed by atoms with van der Waals surface area (Å²) in [4.78, 5) is 38.2. The van der Waals surface area contributed by atoms with Gasteiger partial charge in [0.15, 0.2) is 0 Å². The number of hydroxylamine groups is 2. The van der Waals surface area contributed by atoms with Crippen molar-refractivity contribution in [3.63, 3.8) is 0 Å². The van der Waals surface area contributed by atoms with E-state index in [4.69, 9.17) is 15.0 Å². The third-order valence-electron chi connectivity index (χ3n) is 5.80. The third kappa shape index (κ3) is 6.78. The number of urea groups is 1. The highest BCUT2D eigenvalue weighted by molar-refractivity contribution is 7.80. The van der Waals surface area contributed by atoms with E-state index in [1.165, 1.54) is 12.1 Å². The monoisotopic (exact) mass is 517 g/mol. The highest BCUT2D eigenvalue weighted by Crippen LogP contribution is 2.30. The largest absolute Gasteiger partial charge is 0.492 e. The van der Waals surface area contributed by atoms with Crippen LogP contribution in [-0.4, -0.2) is 72.1 Å². The van der Waals surface area contributed by atoms with E-state index in [1.54, 1.807) is 0 Å². The number of hydrogen-bond acceptors (Lipinski definition) is 8. The molecule has 0 aromatic heterocycles. The minimum absolute atomic E-state index is 0.00207. The number of halogens is 1. The van der Waals surface area contributed by atoms with Crippen LogP contribution in [0.3, 0.4) is 0 Å². The van der Waals surface area contributed by atoms with Crippen LogP contribution in [0.25, 0.3) is 0 Å². The molecule has 2 bridgehead atoms. The normalized spacial score (nSPS) is 20.7. The molecule has 35 heavy (non-hydrogen) atoms. The highest BCUT2D eigenvalue weighted by atomic mass is 32.3. The van der Waals surface area contributed by atoms with E-state index in [-0.39, 0.29) is 55.7 Å². The van der Waals surface area contributed by atoms with Gasteiger partial charge >= 0.3 is 16.4 Å². The molecular formula is C20H28FN5O8S. The summed E-state index contributed by atoms with van der Waals surface area (Å²) < 4.78 is 54.9. The van der Waals surface area contributed by atoms with E-state index in [2.05, 4.69) is 15.1 Å². The molecule has 13 nitrogen and oxygen atoms in total. The van der Waals surface area contributed by atoms with Gasteiger partial charge in [-0.05, 0) is 30.4 Å². The quantitative estimate of drug-likeness (QED) is 0.256. The molecule has 4 amide bonds. The average molecular weight is 518 g/mol. The smallest absolute Gasteiger partial charge is 0.418 e. The SMILES string of the molecule is CC(C)[C@@H](N)COc1ccc(CC(=O)NNC(=O)[C@@H]2CC[C@@H]3CN2C(=O)N3OS(=O)(=O)O)c(F)c1. The number of carbonyl (C=O) groups excluding carboxylic acids is 3. The number of ether oxygens (including phenoxy) is 1. The van der Waals surface area contributed by atoms with Gasteiger partial charge in [0.2, 0.25) is 5.91 Å². The van der Waals surface area contributed by atoms with Crippen LogP contribution in [0.5, 0.6) is 5.75 Å². The minimum atomic E-state index is -4.91. The van der Waals surface area contributed by atoms with Crippen molar-refractivity contribution < 1.29 is 40.8 Å². The van der Waals surface area contributed by atoms with Gasteiger partial charge in [0.1, 0.15) is 24.2 Å². The molecule has 2 heterocycles. The molecule has 0 saturated carbocycles. The fourth-order valence-electron chi connectivity index (χ4n) is 3.68. The van der Waals surface area contributed by atoms with Crippen LogP contribution in [-0.2, 0) is 30.7 Å². The van der Waals surface area contributed by atoms with Crippen molar-refractivity contribution in [2.45, 2.75) is 51.2 Å². The predicted octanol–water partition coefficient (Wildman–Crippen LogP) is -0.119.